The Hall–Kier alpha value is -0.850. The van der Waals surface area contributed by atoms with Crippen molar-refractivity contribution in [1.82, 2.24) is 10.2 Å². The Kier molecular flexibility index (Phi) is 3.64. The van der Waals surface area contributed by atoms with Crippen molar-refractivity contribution in [3.05, 3.63) is 0 Å². The zero-order chi connectivity index (χ0) is 17.2. The summed E-state index contributed by atoms with van der Waals surface area (Å²) in [5, 5.41) is 3.08. The smallest absolute Gasteiger partial charge is 0.317 e. The molecule has 6 nitrogen and oxygen atoms in total. The Morgan fingerprint density at radius 3 is 2.12 bits per heavy atom. The number of carbonyl (C=O) groups excluding carboxylic acids is 1. The third kappa shape index (κ3) is 2.52. The number of nitrogens with zero attached hydrogens (tertiary/aromatic N) is 1. The molecule has 2 amide bonds. The fourth-order valence-electron chi connectivity index (χ4n) is 6.30. The van der Waals surface area contributed by atoms with Crippen molar-refractivity contribution in [2.45, 2.75) is 75.4 Å². The van der Waals surface area contributed by atoms with E-state index in [2.05, 4.69) is 5.32 Å². The molecule has 2 spiro atoms. The highest BCUT2D eigenvalue weighted by Gasteiger charge is 2.66. The number of carbonyl (C=O) groups is 1. The number of hydrogen-bond donors (Lipinski definition) is 1. The van der Waals surface area contributed by atoms with Crippen LogP contribution in [0.4, 0.5) is 4.79 Å². The van der Waals surface area contributed by atoms with Crippen LogP contribution < -0.4 is 5.32 Å². The molecule has 5 aliphatic carbocycles. The molecule has 0 aromatic rings. The predicted octanol–water partition coefficient (Wildman–Crippen LogP) is 3.03. The summed E-state index contributed by atoms with van der Waals surface area (Å²) in [5.74, 6) is 1.72. The molecule has 0 aromatic heterocycles. The number of nitrogens with one attached hydrogen (secondary N) is 1. The average Bonchev–Trinajstić information content (AvgIpc) is 2.95. The zero-order valence-electron chi connectivity index (χ0n) is 15.3. The van der Waals surface area contributed by atoms with Crippen LogP contribution in [-0.2, 0) is 14.5 Å². The zero-order valence-corrected chi connectivity index (χ0v) is 15.3. The normalized spacial score (nSPS) is 50.6. The fourth-order valence-corrected chi connectivity index (χ4v) is 6.30. The van der Waals surface area contributed by atoms with Crippen LogP contribution in [0.15, 0.2) is 0 Å². The lowest BCUT2D eigenvalue weighted by Gasteiger charge is -2.57. The number of hydrogen-bond acceptors (Lipinski definition) is 4. The standard InChI is InChI=1S/C19H30N2O4/c1-21(2)17(22)20-16-3-5-18(6-4-16)23-19(25-24-18)14-8-12-7-13(10-14)11-15(19)9-12/h12-16H,3-11H2,1-2H3,(H,20,22). The highest BCUT2D eigenvalue weighted by atomic mass is 17.3. The lowest BCUT2D eigenvalue weighted by Crippen LogP contribution is -2.59. The van der Waals surface area contributed by atoms with Crippen LogP contribution in [0.25, 0.3) is 0 Å². The van der Waals surface area contributed by atoms with E-state index in [1.54, 1.807) is 19.0 Å². The van der Waals surface area contributed by atoms with Gasteiger partial charge in [0.25, 0.3) is 0 Å². The minimum absolute atomic E-state index is 0.0250. The van der Waals surface area contributed by atoms with Gasteiger partial charge in [-0.3, -0.25) is 0 Å². The molecule has 4 bridgehead atoms. The second-order valence-corrected chi connectivity index (χ2v) is 9.32. The first-order valence-corrected chi connectivity index (χ1v) is 10.0. The van der Waals surface area contributed by atoms with E-state index in [4.69, 9.17) is 14.5 Å². The van der Waals surface area contributed by atoms with Crippen molar-refractivity contribution in [3.63, 3.8) is 0 Å². The lowest BCUT2D eigenvalue weighted by atomic mass is 9.53. The monoisotopic (exact) mass is 350 g/mol. The quantitative estimate of drug-likeness (QED) is 0.739. The SMILES string of the molecule is CN(C)C(=O)NC1CCC2(CC1)OOC1(O2)C2CC3CC(C2)CC1C3. The van der Waals surface area contributed by atoms with E-state index in [-0.39, 0.29) is 12.1 Å². The van der Waals surface area contributed by atoms with E-state index in [0.717, 1.165) is 37.5 Å². The van der Waals surface area contributed by atoms with Crippen molar-refractivity contribution in [2.75, 3.05) is 14.1 Å². The first kappa shape index (κ1) is 16.3. The van der Waals surface area contributed by atoms with E-state index in [1.165, 1.54) is 32.1 Å². The number of urea groups is 1. The first-order valence-electron chi connectivity index (χ1n) is 10.0. The second kappa shape index (κ2) is 5.57. The molecular weight excluding hydrogens is 320 g/mol. The molecular formula is C19H30N2O4. The van der Waals surface area contributed by atoms with Gasteiger partial charge in [-0.2, -0.15) is 9.78 Å². The summed E-state index contributed by atoms with van der Waals surface area (Å²) < 4.78 is 6.69. The van der Waals surface area contributed by atoms with Gasteiger partial charge in [-0.05, 0) is 56.8 Å². The Bertz CT molecular complexity index is 528. The van der Waals surface area contributed by atoms with Crippen LogP contribution in [0.3, 0.4) is 0 Å². The molecule has 140 valence electrons. The first-order chi connectivity index (χ1) is 12.0. The van der Waals surface area contributed by atoms with Gasteiger partial charge in [0.05, 0.1) is 0 Å². The number of ether oxygens (including phenoxy) is 1. The Morgan fingerprint density at radius 2 is 1.56 bits per heavy atom. The van der Waals surface area contributed by atoms with Crippen LogP contribution in [0, 0.1) is 23.7 Å². The highest BCUT2D eigenvalue weighted by molar-refractivity contribution is 5.73. The minimum Gasteiger partial charge on any atom is -0.335 e. The van der Waals surface area contributed by atoms with Crippen LogP contribution in [0.1, 0.15) is 57.8 Å². The van der Waals surface area contributed by atoms with Gasteiger partial charge in [-0.1, -0.05) is 0 Å². The van der Waals surface area contributed by atoms with Crippen molar-refractivity contribution >= 4 is 6.03 Å². The summed E-state index contributed by atoms with van der Waals surface area (Å²) >= 11 is 0. The molecule has 1 N–H and O–H groups in total. The van der Waals surface area contributed by atoms with Gasteiger partial charge < -0.3 is 15.0 Å². The van der Waals surface area contributed by atoms with Crippen LogP contribution in [0.5, 0.6) is 0 Å². The molecule has 6 fully saturated rings. The minimum atomic E-state index is -0.589. The largest absolute Gasteiger partial charge is 0.335 e. The summed E-state index contributed by atoms with van der Waals surface area (Å²) in [4.78, 5) is 25.4. The van der Waals surface area contributed by atoms with Gasteiger partial charge in [0, 0.05) is 44.8 Å². The van der Waals surface area contributed by atoms with Crippen LogP contribution >= 0.6 is 0 Å². The predicted molar refractivity (Wildman–Crippen MR) is 90.2 cm³/mol. The van der Waals surface area contributed by atoms with Gasteiger partial charge in [0.2, 0.25) is 11.6 Å². The summed E-state index contributed by atoms with van der Waals surface area (Å²) in [7, 11) is 3.54. The molecule has 5 saturated carbocycles. The second-order valence-electron chi connectivity index (χ2n) is 9.32. The maximum Gasteiger partial charge on any atom is 0.317 e. The van der Waals surface area contributed by atoms with E-state index in [1.807, 2.05) is 0 Å². The van der Waals surface area contributed by atoms with Crippen molar-refractivity contribution < 1.29 is 19.3 Å². The topological polar surface area (TPSA) is 60.0 Å². The number of rotatable bonds is 1. The third-order valence-corrected chi connectivity index (χ3v) is 7.43. The molecule has 1 saturated heterocycles. The number of amides is 2. The molecule has 6 rings (SSSR count). The van der Waals surface area contributed by atoms with Crippen molar-refractivity contribution in [1.29, 1.82) is 0 Å². The fraction of sp³-hybridized carbons (Fsp3) is 0.947. The van der Waals surface area contributed by atoms with Crippen molar-refractivity contribution in [2.24, 2.45) is 23.7 Å². The Labute approximate surface area is 149 Å². The molecule has 6 heteroatoms. The van der Waals surface area contributed by atoms with E-state index in [0.29, 0.717) is 11.8 Å². The Morgan fingerprint density at radius 1 is 0.960 bits per heavy atom. The third-order valence-electron chi connectivity index (χ3n) is 7.43. The summed E-state index contributed by atoms with van der Waals surface area (Å²) in [6.07, 6.45) is 9.73. The molecule has 0 radical (unpaired) electrons. The van der Waals surface area contributed by atoms with E-state index >= 15 is 0 Å². The molecule has 0 aromatic carbocycles. The maximum absolute atomic E-state index is 11.9. The Balaban J connectivity index is 1.25. The van der Waals surface area contributed by atoms with Gasteiger partial charge in [0.1, 0.15) is 0 Å². The van der Waals surface area contributed by atoms with Gasteiger partial charge in [-0.25, -0.2) is 4.79 Å². The van der Waals surface area contributed by atoms with Crippen LogP contribution in [0.2, 0.25) is 0 Å². The molecule has 25 heavy (non-hydrogen) atoms. The summed E-state index contributed by atoms with van der Waals surface area (Å²) in [6, 6.07) is 0.172. The lowest BCUT2D eigenvalue weighted by molar-refractivity contribution is -0.390. The molecule has 1 heterocycles. The van der Waals surface area contributed by atoms with E-state index < -0.39 is 11.6 Å². The highest BCUT2D eigenvalue weighted by Crippen LogP contribution is 2.63. The molecule has 0 unspecified atom stereocenters. The summed E-state index contributed by atoms with van der Waals surface area (Å²) in [5.41, 5.74) is 0. The van der Waals surface area contributed by atoms with Gasteiger partial charge >= 0.3 is 6.03 Å². The average molecular weight is 350 g/mol. The molecule has 0 atom stereocenters. The molecule has 1 aliphatic heterocycles. The molecule has 6 aliphatic rings. The van der Waals surface area contributed by atoms with Crippen molar-refractivity contribution in [3.8, 4) is 0 Å². The van der Waals surface area contributed by atoms with E-state index in [9.17, 15) is 4.79 Å². The van der Waals surface area contributed by atoms with Gasteiger partial charge in [-0.15, -0.1) is 0 Å². The maximum atomic E-state index is 11.9. The summed E-state index contributed by atoms with van der Waals surface area (Å²) in [6.45, 7) is 0. The van der Waals surface area contributed by atoms with Gasteiger partial charge in [0.15, 0.2) is 0 Å². The van der Waals surface area contributed by atoms with Crippen LogP contribution in [-0.4, -0.2) is 42.6 Å².